The van der Waals surface area contributed by atoms with Crippen molar-refractivity contribution in [1.29, 1.82) is 0 Å². The van der Waals surface area contributed by atoms with E-state index in [4.69, 9.17) is 0 Å². The molecule has 4 aromatic carbocycles. The summed E-state index contributed by atoms with van der Waals surface area (Å²) in [5.41, 5.74) is -2.23. The quantitative estimate of drug-likeness (QED) is 0.0354. The Morgan fingerprint density at radius 3 is 1.06 bits per heavy atom. The molecule has 4 aromatic rings. The zero-order valence-electron chi connectivity index (χ0n) is 32.7. The molecular formula is C34H24N4NaO22S6+. The molecule has 0 aromatic heterocycles. The summed E-state index contributed by atoms with van der Waals surface area (Å²) in [6.45, 7) is 0. The fraction of sp³-hybridized carbons (Fsp3) is 0. The van der Waals surface area contributed by atoms with Crippen LogP contribution < -0.4 is 40.4 Å². The number of carbonyl (C=O) groups is 2. The van der Waals surface area contributed by atoms with E-state index in [0.717, 1.165) is 36.4 Å². The molecule has 0 unspecified atom stereocenters. The van der Waals surface area contributed by atoms with Crippen LogP contribution in [-0.4, -0.2) is 111 Å². The number of hydrogen-bond donors (Lipinski definition) is 10. The Balaban J connectivity index is 0.00000840. The minimum atomic E-state index is -5.36. The van der Waals surface area contributed by atoms with Gasteiger partial charge >= 0.3 is 29.6 Å². The Morgan fingerprint density at radius 2 is 0.776 bits per heavy atom. The topological polar surface area (TPSA) is 450 Å². The van der Waals surface area contributed by atoms with Gasteiger partial charge in [0, 0.05) is 12.1 Å². The third-order valence-electron chi connectivity index (χ3n) is 8.94. The van der Waals surface area contributed by atoms with E-state index in [1.54, 1.807) is 0 Å². The van der Waals surface area contributed by atoms with Crippen molar-refractivity contribution >= 4 is 119 Å². The minimum absolute atomic E-state index is 0. The standard InChI is InChI=1S/C34H24N4O22S6.Na/c39-23-13-21(61(43,44)45)7-17-9-27(65(55,56)57)31(33(41)29(17)23)37-35-19-5-3-15(25(11-19)63(49,50)51)1-2-16-4-6-20(12-26(16)64(52,53)54)36-38-32-28(66(58,59)60)10-18-8-22(62(46,47)48)14-24(40)30(18)34(32)42;/h1-14,35-36,39-40H,(H,43,44,45)(H,46,47,48)(H,49,50,51)(H,52,53,54)(H,55,56,57)(H,58,59,60);/q;+1/b2-1+,37-31-,38-32+;. The van der Waals surface area contributed by atoms with Gasteiger partial charge in [-0.25, -0.2) is 0 Å². The third kappa shape index (κ3) is 11.3. The smallest absolute Gasteiger partial charge is 0.507 e. The van der Waals surface area contributed by atoms with Gasteiger partial charge in [0.05, 0.1) is 32.3 Å². The van der Waals surface area contributed by atoms with E-state index in [9.17, 15) is 97.6 Å². The number of nitrogens with one attached hydrogen (secondary N) is 2. The summed E-state index contributed by atoms with van der Waals surface area (Å²) >= 11 is 0. The molecule has 0 atom stereocenters. The molecule has 10 N–H and O–H groups in total. The summed E-state index contributed by atoms with van der Waals surface area (Å²) in [5, 5.41) is 27.9. The summed E-state index contributed by atoms with van der Waals surface area (Å²) in [6.07, 6.45) is 2.87. The number of hydrogen-bond acceptors (Lipinski definition) is 20. The average molecular weight is 1060 g/mol. The molecule has 0 amide bonds. The van der Waals surface area contributed by atoms with Gasteiger partial charge in [-0.05, 0) is 70.8 Å². The number of rotatable bonds is 12. The normalized spacial score (nSPS) is 16.0. The molecule has 0 fully saturated rings. The maximum absolute atomic E-state index is 13.3. The molecule has 348 valence electrons. The number of benzene rings is 4. The maximum Gasteiger partial charge on any atom is 1.00 e. The van der Waals surface area contributed by atoms with E-state index >= 15 is 0 Å². The third-order valence-corrected chi connectivity index (χ3v) is 14.2. The Hall–Kier alpha value is -5.56. The molecule has 33 heteroatoms. The molecular weight excluding hydrogens is 1030 g/mol. The SMILES string of the molecule is O=C1/C(=N/Nc2ccc(/C=C/c3ccc(N/N=C4\C(=O)c5c(O)cc(S(=O)(=O)O)cc5C=C4S(=O)(=O)O)cc3S(=O)(=O)O)c(S(=O)(=O)O)c2)C(S(=O)(=O)O)=Cc2cc(S(=O)(=O)O)cc(O)c21.[Na+]. The van der Waals surface area contributed by atoms with E-state index in [-0.39, 0.29) is 29.6 Å². The Kier molecular flexibility index (Phi) is 14.2. The number of aromatic hydroxyl groups is 2. The Bertz CT molecular complexity index is 3510. The number of phenolic OH excluding ortho intramolecular Hbond substituents is 2. The summed E-state index contributed by atoms with van der Waals surface area (Å²) in [6, 6.07) is 7.45. The first-order valence-electron chi connectivity index (χ1n) is 16.9. The van der Waals surface area contributed by atoms with E-state index in [1.807, 2.05) is 0 Å². The molecule has 0 spiro atoms. The molecule has 26 nitrogen and oxygen atoms in total. The number of nitrogens with zero attached hydrogens (tertiary/aromatic N) is 2. The summed E-state index contributed by atoms with van der Waals surface area (Å²) in [4.78, 5) is 20.3. The van der Waals surface area contributed by atoms with Crippen LogP contribution in [0.1, 0.15) is 43.0 Å². The minimum Gasteiger partial charge on any atom is -0.507 e. The van der Waals surface area contributed by atoms with Gasteiger partial charge in [-0.1, -0.05) is 24.3 Å². The van der Waals surface area contributed by atoms with Gasteiger partial charge in [-0.15, -0.1) is 0 Å². The molecule has 6 rings (SSSR count). The van der Waals surface area contributed by atoms with Crippen LogP contribution in [0.15, 0.2) is 100 Å². The van der Waals surface area contributed by atoms with Crippen molar-refractivity contribution in [1.82, 2.24) is 0 Å². The molecule has 67 heavy (non-hydrogen) atoms. The number of fused-ring (bicyclic) bond motifs is 2. The van der Waals surface area contributed by atoms with Crippen molar-refractivity contribution in [3.05, 3.63) is 104 Å². The van der Waals surface area contributed by atoms with Crippen molar-refractivity contribution < 1.29 is 127 Å². The number of ketones is 2. The second kappa shape index (κ2) is 18.2. The Morgan fingerprint density at radius 1 is 0.448 bits per heavy atom. The van der Waals surface area contributed by atoms with Crippen molar-refractivity contribution in [2.45, 2.75) is 19.6 Å². The van der Waals surface area contributed by atoms with Crippen LogP contribution in [0.5, 0.6) is 11.5 Å². The monoisotopic (exact) mass is 1050 g/mol. The van der Waals surface area contributed by atoms with E-state index in [2.05, 4.69) is 21.1 Å². The average Bonchev–Trinajstić information content (AvgIpc) is 3.16. The van der Waals surface area contributed by atoms with Crippen LogP contribution in [0, 0.1) is 0 Å². The molecule has 0 saturated carbocycles. The van der Waals surface area contributed by atoms with Crippen molar-refractivity contribution in [2.75, 3.05) is 10.9 Å². The second-order valence-corrected chi connectivity index (χ2v) is 21.7. The predicted octanol–water partition coefficient (Wildman–Crippen LogP) is -0.955. The maximum atomic E-state index is 13.3. The second-order valence-electron chi connectivity index (χ2n) is 13.3. The molecule has 0 bridgehead atoms. The number of hydrazone groups is 2. The van der Waals surface area contributed by atoms with Gasteiger partial charge in [0.2, 0.25) is 11.6 Å². The van der Waals surface area contributed by atoms with Gasteiger partial charge in [0.1, 0.15) is 31.1 Å². The van der Waals surface area contributed by atoms with E-state index in [1.165, 1.54) is 0 Å². The van der Waals surface area contributed by atoms with Crippen molar-refractivity contribution in [2.24, 2.45) is 10.2 Å². The van der Waals surface area contributed by atoms with Gasteiger partial charge in [0.25, 0.3) is 60.7 Å². The molecule has 0 heterocycles. The summed E-state index contributed by atoms with van der Waals surface area (Å²) in [5.74, 6) is -4.97. The van der Waals surface area contributed by atoms with E-state index < -0.39 is 169 Å². The number of phenols is 2. The van der Waals surface area contributed by atoms with Crippen LogP contribution in [0.4, 0.5) is 11.4 Å². The van der Waals surface area contributed by atoms with Crippen LogP contribution in [-0.2, 0) is 60.7 Å². The van der Waals surface area contributed by atoms with Crippen LogP contribution in [0.25, 0.3) is 24.3 Å². The van der Waals surface area contributed by atoms with E-state index in [0.29, 0.717) is 48.6 Å². The fourth-order valence-electron chi connectivity index (χ4n) is 6.10. The van der Waals surface area contributed by atoms with Gasteiger partial charge in [-0.2, -0.15) is 60.7 Å². The molecule has 0 aliphatic heterocycles. The first kappa shape index (κ1) is 52.4. The van der Waals surface area contributed by atoms with Gasteiger partial charge in [-0.3, -0.25) is 47.8 Å². The van der Waals surface area contributed by atoms with Crippen LogP contribution in [0.2, 0.25) is 0 Å². The first-order chi connectivity index (χ1) is 30.2. The number of Topliss-reactive ketones (excluding diaryl/α,β-unsaturated/α-hetero) is 2. The first-order valence-corrected chi connectivity index (χ1v) is 25.6. The summed E-state index contributed by atoms with van der Waals surface area (Å²) in [7, 11) is -31.1. The zero-order chi connectivity index (χ0) is 49.3. The zero-order valence-corrected chi connectivity index (χ0v) is 39.6. The van der Waals surface area contributed by atoms with Crippen LogP contribution in [0.3, 0.4) is 0 Å². The van der Waals surface area contributed by atoms with Crippen LogP contribution >= 0.6 is 0 Å². The fourth-order valence-corrected chi connectivity index (χ4v) is 9.91. The van der Waals surface area contributed by atoms with Gasteiger partial charge < -0.3 is 10.2 Å². The number of allylic oxidation sites excluding steroid dienone is 2. The largest absolute Gasteiger partial charge is 1.00 e. The summed E-state index contributed by atoms with van der Waals surface area (Å²) < 4.78 is 204. The Labute approximate surface area is 399 Å². The predicted molar refractivity (Wildman–Crippen MR) is 227 cm³/mol. The molecule has 2 aliphatic rings. The molecule has 0 radical (unpaired) electrons. The van der Waals surface area contributed by atoms with Crippen molar-refractivity contribution in [3.63, 3.8) is 0 Å². The van der Waals surface area contributed by atoms with Gasteiger partial charge in [0.15, 0.2) is 11.4 Å². The number of carbonyl (C=O) groups excluding carboxylic acids is 2. The number of anilines is 2. The molecule has 2 aliphatic carbocycles. The molecule has 0 saturated heterocycles. The van der Waals surface area contributed by atoms with Crippen molar-refractivity contribution in [3.8, 4) is 11.5 Å².